The maximum Gasteiger partial charge on any atom is 0.294 e. The number of amides is 1. The predicted octanol–water partition coefficient (Wildman–Crippen LogP) is 3.15. The van der Waals surface area contributed by atoms with Crippen LogP contribution in [0.3, 0.4) is 0 Å². The Morgan fingerprint density at radius 3 is 2.75 bits per heavy atom. The van der Waals surface area contributed by atoms with Crippen LogP contribution in [-0.2, 0) is 0 Å². The molecule has 0 aliphatic carbocycles. The first kappa shape index (κ1) is 15.1. The average molecular weight is 369 g/mol. The Morgan fingerprint density at radius 2 is 1.82 bits per heavy atom. The molecule has 28 heavy (non-hydrogen) atoms. The Hall–Kier alpha value is -4.00. The van der Waals surface area contributed by atoms with E-state index in [0.29, 0.717) is 22.8 Å². The zero-order chi connectivity index (χ0) is 18.8. The molecule has 7 heteroatoms. The summed E-state index contributed by atoms with van der Waals surface area (Å²) in [6.07, 6.45) is 1.60. The van der Waals surface area contributed by atoms with E-state index in [1.807, 2.05) is 24.3 Å². The normalized spacial score (nSPS) is 15.2. The lowest BCUT2D eigenvalue weighted by Gasteiger charge is -2.18. The van der Waals surface area contributed by atoms with Crippen molar-refractivity contribution >= 4 is 28.4 Å². The molecule has 2 aromatic carbocycles. The molecule has 0 spiro atoms. The molecule has 6 rings (SSSR count). The van der Waals surface area contributed by atoms with E-state index in [1.165, 1.54) is 4.57 Å². The van der Waals surface area contributed by atoms with Crippen molar-refractivity contribution in [2.24, 2.45) is 4.99 Å². The SMILES string of the molecule is O=C1N=C(c2ccc3c(c2)OCO3)C(=O)n2cc3nc4ccccc4c-3cc21. The summed E-state index contributed by atoms with van der Waals surface area (Å²) in [6.45, 7) is 0.129. The fraction of sp³-hybridized carbons (Fsp3) is 0.0476. The molecule has 134 valence electrons. The molecular formula is C21H11N3O4. The predicted molar refractivity (Wildman–Crippen MR) is 100 cm³/mol. The summed E-state index contributed by atoms with van der Waals surface area (Å²) in [6, 6.07) is 14.4. The van der Waals surface area contributed by atoms with Gasteiger partial charge < -0.3 is 9.47 Å². The maximum atomic E-state index is 13.1. The smallest absolute Gasteiger partial charge is 0.294 e. The number of aromatic nitrogens is 2. The van der Waals surface area contributed by atoms with Gasteiger partial charge in [0.1, 0.15) is 11.4 Å². The van der Waals surface area contributed by atoms with Crippen LogP contribution in [0.25, 0.3) is 22.2 Å². The number of hydrogen-bond donors (Lipinski definition) is 0. The van der Waals surface area contributed by atoms with Crippen molar-refractivity contribution < 1.29 is 19.1 Å². The number of fused-ring (bicyclic) bond motifs is 5. The van der Waals surface area contributed by atoms with E-state index in [9.17, 15) is 9.59 Å². The van der Waals surface area contributed by atoms with Gasteiger partial charge in [0.15, 0.2) is 11.5 Å². The highest BCUT2D eigenvalue weighted by molar-refractivity contribution is 6.49. The molecule has 4 heterocycles. The Labute approximate surface area is 158 Å². The highest BCUT2D eigenvalue weighted by atomic mass is 16.7. The Bertz CT molecular complexity index is 1330. The van der Waals surface area contributed by atoms with E-state index in [2.05, 4.69) is 9.98 Å². The largest absolute Gasteiger partial charge is 0.454 e. The quantitative estimate of drug-likeness (QED) is 0.515. The third kappa shape index (κ3) is 1.98. The molecule has 1 amide bonds. The summed E-state index contributed by atoms with van der Waals surface area (Å²) in [4.78, 5) is 34.4. The molecule has 0 N–H and O–H groups in total. The van der Waals surface area contributed by atoms with E-state index in [-0.39, 0.29) is 24.1 Å². The summed E-state index contributed by atoms with van der Waals surface area (Å²) >= 11 is 0. The lowest BCUT2D eigenvalue weighted by molar-refractivity contribution is 0.0920. The molecule has 0 fully saturated rings. The van der Waals surface area contributed by atoms with E-state index in [4.69, 9.17) is 9.47 Å². The molecule has 0 atom stereocenters. The summed E-state index contributed by atoms with van der Waals surface area (Å²) in [5.74, 6) is 0.263. The van der Waals surface area contributed by atoms with Gasteiger partial charge in [-0.25, -0.2) is 9.98 Å². The van der Waals surface area contributed by atoms with Gasteiger partial charge >= 0.3 is 0 Å². The molecule has 2 aromatic rings. The minimum Gasteiger partial charge on any atom is -0.454 e. The number of nitrogens with zero attached hydrogens (tertiary/aromatic N) is 3. The average Bonchev–Trinajstić information content (AvgIpc) is 3.33. The van der Waals surface area contributed by atoms with Gasteiger partial charge in [-0.15, -0.1) is 0 Å². The standard InChI is InChI=1S/C21H11N3O4/c25-20-16-8-13-12-3-1-2-4-14(12)22-15(13)9-24(16)21(26)19(23-20)11-5-6-17-18(7-11)28-10-27-17/h1-9H,10H2. The number of benzene rings is 2. The van der Waals surface area contributed by atoms with Crippen molar-refractivity contribution in [3.63, 3.8) is 0 Å². The van der Waals surface area contributed by atoms with Gasteiger partial charge in [0.05, 0.1) is 11.2 Å². The van der Waals surface area contributed by atoms with Gasteiger partial charge in [0.25, 0.3) is 11.8 Å². The minimum absolute atomic E-state index is 0.0660. The zero-order valence-corrected chi connectivity index (χ0v) is 14.4. The van der Waals surface area contributed by atoms with Crippen LogP contribution >= 0.6 is 0 Å². The monoisotopic (exact) mass is 369 g/mol. The van der Waals surface area contributed by atoms with Crippen LogP contribution in [0.4, 0.5) is 0 Å². The molecule has 4 aliphatic rings. The third-order valence-electron chi connectivity index (χ3n) is 5.00. The molecule has 0 aromatic heterocycles. The highest BCUT2D eigenvalue weighted by Crippen LogP contribution is 2.35. The summed E-state index contributed by atoms with van der Waals surface area (Å²) in [5.41, 5.74) is 3.08. The lowest BCUT2D eigenvalue weighted by atomic mass is 10.0. The summed E-state index contributed by atoms with van der Waals surface area (Å²) in [5, 5.41) is 0.937. The molecule has 0 unspecified atom stereocenters. The Kier molecular flexibility index (Phi) is 2.84. The molecular weight excluding hydrogens is 358 g/mol. The van der Waals surface area contributed by atoms with Gasteiger partial charge in [0, 0.05) is 22.7 Å². The number of para-hydroxylation sites is 1. The first-order chi connectivity index (χ1) is 13.7. The molecule has 0 saturated carbocycles. The maximum absolute atomic E-state index is 13.1. The van der Waals surface area contributed by atoms with E-state index in [1.54, 1.807) is 30.5 Å². The van der Waals surface area contributed by atoms with Crippen LogP contribution in [0.15, 0.2) is 59.7 Å². The van der Waals surface area contributed by atoms with Crippen molar-refractivity contribution in [3.8, 4) is 22.8 Å². The topological polar surface area (TPSA) is 82.8 Å². The van der Waals surface area contributed by atoms with Crippen LogP contribution in [0.5, 0.6) is 11.5 Å². The Balaban J connectivity index is 1.53. The van der Waals surface area contributed by atoms with Crippen LogP contribution in [0, 0.1) is 0 Å². The number of hydrogen-bond acceptors (Lipinski definition) is 5. The van der Waals surface area contributed by atoms with Crippen LogP contribution in [0.1, 0.15) is 20.8 Å². The fourth-order valence-corrected chi connectivity index (χ4v) is 3.66. The second-order valence-corrected chi connectivity index (χ2v) is 6.60. The van der Waals surface area contributed by atoms with Gasteiger partial charge in [-0.05, 0) is 30.3 Å². The van der Waals surface area contributed by atoms with Crippen LogP contribution < -0.4 is 9.47 Å². The zero-order valence-electron chi connectivity index (χ0n) is 14.4. The van der Waals surface area contributed by atoms with Gasteiger partial charge in [-0.3, -0.25) is 14.2 Å². The fourth-order valence-electron chi connectivity index (χ4n) is 3.66. The molecule has 4 aliphatic heterocycles. The summed E-state index contributed by atoms with van der Waals surface area (Å²) < 4.78 is 12.0. The van der Waals surface area contributed by atoms with Crippen molar-refractivity contribution in [1.82, 2.24) is 9.55 Å². The molecule has 0 bridgehead atoms. The van der Waals surface area contributed by atoms with Gasteiger partial charge in [0.2, 0.25) is 6.79 Å². The van der Waals surface area contributed by atoms with E-state index in [0.717, 1.165) is 16.5 Å². The second kappa shape index (κ2) is 5.26. The van der Waals surface area contributed by atoms with Crippen LogP contribution in [-0.4, -0.2) is 33.9 Å². The number of rotatable bonds is 1. The molecule has 0 saturated heterocycles. The molecule has 7 nitrogen and oxygen atoms in total. The van der Waals surface area contributed by atoms with Gasteiger partial charge in [-0.2, -0.15) is 0 Å². The van der Waals surface area contributed by atoms with Gasteiger partial charge in [-0.1, -0.05) is 18.2 Å². The minimum atomic E-state index is -0.473. The first-order valence-electron chi connectivity index (χ1n) is 8.68. The third-order valence-corrected chi connectivity index (χ3v) is 5.00. The number of carbonyl (C=O) groups excluding carboxylic acids is 2. The number of pyridine rings is 1. The van der Waals surface area contributed by atoms with Crippen molar-refractivity contribution in [2.45, 2.75) is 0 Å². The first-order valence-corrected chi connectivity index (χ1v) is 8.68. The van der Waals surface area contributed by atoms with E-state index < -0.39 is 5.91 Å². The highest BCUT2D eigenvalue weighted by Gasteiger charge is 2.30. The number of ether oxygens (including phenoxy) is 2. The number of carbonyl (C=O) groups is 2. The van der Waals surface area contributed by atoms with Crippen molar-refractivity contribution in [1.29, 1.82) is 0 Å². The lowest BCUT2D eigenvalue weighted by Crippen LogP contribution is -2.32. The second-order valence-electron chi connectivity index (χ2n) is 6.60. The Morgan fingerprint density at radius 1 is 0.964 bits per heavy atom. The molecule has 0 radical (unpaired) electrons. The number of aliphatic imine (C=N–C) groups is 1. The van der Waals surface area contributed by atoms with E-state index >= 15 is 0 Å². The van der Waals surface area contributed by atoms with Crippen molar-refractivity contribution in [3.05, 3.63) is 66.0 Å². The van der Waals surface area contributed by atoms with Crippen molar-refractivity contribution in [2.75, 3.05) is 6.79 Å². The van der Waals surface area contributed by atoms with Crippen LogP contribution in [0.2, 0.25) is 0 Å². The summed E-state index contributed by atoms with van der Waals surface area (Å²) in [7, 11) is 0.